The van der Waals surface area contributed by atoms with Crippen LogP contribution >= 0.6 is 0 Å². The third-order valence-electron chi connectivity index (χ3n) is 3.11. The largest absolute Gasteiger partial charge is 0.313 e. The van der Waals surface area contributed by atoms with Crippen molar-refractivity contribution in [3.8, 4) is 0 Å². The first kappa shape index (κ1) is 16.9. The zero-order chi connectivity index (χ0) is 14.7. The lowest BCUT2D eigenvalue weighted by Gasteiger charge is -2.32. The van der Waals surface area contributed by atoms with Crippen molar-refractivity contribution in [1.29, 1.82) is 0 Å². The van der Waals surface area contributed by atoms with Crippen molar-refractivity contribution in [3.63, 3.8) is 0 Å². The summed E-state index contributed by atoms with van der Waals surface area (Å²) in [5.74, 6) is 0. The lowest BCUT2D eigenvalue weighted by Crippen LogP contribution is -2.49. The Morgan fingerprint density at radius 2 is 1.84 bits per heavy atom. The van der Waals surface area contributed by atoms with Crippen LogP contribution in [0.2, 0.25) is 0 Å². The van der Waals surface area contributed by atoms with Crippen molar-refractivity contribution in [2.24, 2.45) is 0 Å². The van der Waals surface area contributed by atoms with Crippen LogP contribution in [0.3, 0.4) is 0 Å². The molecule has 1 saturated heterocycles. The summed E-state index contributed by atoms with van der Waals surface area (Å²) in [6, 6.07) is -0.124. The van der Waals surface area contributed by atoms with E-state index in [4.69, 9.17) is 0 Å². The molecule has 1 rings (SSSR count). The topological polar surface area (TPSA) is 83.6 Å². The molecule has 114 valence electrons. The van der Waals surface area contributed by atoms with Gasteiger partial charge in [0.05, 0.1) is 0 Å². The summed E-state index contributed by atoms with van der Waals surface area (Å²) in [7, 11) is -7.32. The van der Waals surface area contributed by atoms with Crippen LogP contribution in [0.5, 0.6) is 0 Å². The van der Waals surface area contributed by atoms with E-state index in [9.17, 15) is 16.8 Å². The van der Waals surface area contributed by atoms with Crippen LogP contribution in [0.1, 0.15) is 33.1 Å². The van der Waals surface area contributed by atoms with Gasteiger partial charge in [0.2, 0.25) is 10.0 Å². The van der Waals surface area contributed by atoms with Crippen molar-refractivity contribution < 1.29 is 16.8 Å². The van der Waals surface area contributed by atoms with Gasteiger partial charge in [-0.05, 0) is 33.2 Å². The second-order valence-corrected chi connectivity index (χ2v) is 9.89. The molecule has 0 aliphatic carbocycles. The molecule has 1 atom stereocenters. The van der Waals surface area contributed by atoms with Crippen LogP contribution in [0, 0.1) is 0 Å². The zero-order valence-electron chi connectivity index (χ0n) is 11.8. The smallest absolute Gasteiger partial charge is 0.228 e. The van der Waals surface area contributed by atoms with Crippen LogP contribution < -0.4 is 5.32 Å². The molecular formula is C11H24N2O4S2. The maximum Gasteiger partial charge on any atom is 0.228 e. The molecule has 1 unspecified atom stereocenters. The minimum atomic E-state index is -3.77. The highest BCUT2D eigenvalue weighted by Crippen LogP contribution is 2.15. The van der Waals surface area contributed by atoms with Gasteiger partial charge in [0, 0.05) is 24.9 Å². The summed E-state index contributed by atoms with van der Waals surface area (Å²) >= 11 is 0. The average Bonchev–Trinajstić information content (AvgIpc) is 2.23. The highest BCUT2D eigenvalue weighted by molar-refractivity contribution is 8.06. The Kier molecular flexibility index (Phi) is 5.78. The summed E-state index contributed by atoms with van der Waals surface area (Å²) in [5.41, 5.74) is 0. The molecule has 0 saturated carbocycles. The van der Waals surface area contributed by atoms with Gasteiger partial charge >= 0.3 is 0 Å². The quantitative estimate of drug-likeness (QED) is 0.756. The molecule has 0 radical (unpaired) electrons. The van der Waals surface area contributed by atoms with Gasteiger partial charge < -0.3 is 5.32 Å². The molecule has 0 aromatic heterocycles. The Morgan fingerprint density at radius 1 is 1.21 bits per heavy atom. The van der Waals surface area contributed by atoms with E-state index in [1.165, 1.54) is 4.31 Å². The fourth-order valence-corrected chi connectivity index (χ4v) is 6.04. The van der Waals surface area contributed by atoms with Crippen LogP contribution in [0.4, 0.5) is 0 Å². The first-order valence-corrected chi connectivity index (χ1v) is 10.2. The molecule has 0 bridgehead atoms. The van der Waals surface area contributed by atoms with E-state index in [-0.39, 0.29) is 12.1 Å². The number of sulfonamides is 1. The Labute approximate surface area is 116 Å². The number of piperidine rings is 1. The SMILES string of the molecule is CC(C)N(CC1CCCCN1)S(=O)(=O)CS(C)(=O)=O. The lowest BCUT2D eigenvalue weighted by atomic mass is 10.1. The monoisotopic (exact) mass is 312 g/mol. The standard InChI is InChI=1S/C11H24N2O4S2/c1-10(2)13(8-11-6-4-5-7-12-11)19(16,17)9-18(3,14)15/h10-12H,4-9H2,1-3H3. The molecule has 8 heteroatoms. The first-order valence-electron chi connectivity index (χ1n) is 6.52. The van der Waals surface area contributed by atoms with Crippen molar-refractivity contribution in [2.45, 2.75) is 45.2 Å². The van der Waals surface area contributed by atoms with Crippen molar-refractivity contribution >= 4 is 19.9 Å². The van der Waals surface area contributed by atoms with Gasteiger partial charge in [-0.3, -0.25) is 0 Å². The minimum Gasteiger partial charge on any atom is -0.313 e. The number of hydrogen-bond donors (Lipinski definition) is 1. The van der Waals surface area contributed by atoms with Gasteiger partial charge in [-0.2, -0.15) is 4.31 Å². The van der Waals surface area contributed by atoms with Gasteiger partial charge in [0.15, 0.2) is 14.9 Å². The van der Waals surface area contributed by atoms with Crippen molar-refractivity contribution in [3.05, 3.63) is 0 Å². The molecule has 1 N–H and O–H groups in total. The Balaban J connectivity index is 2.81. The number of nitrogens with one attached hydrogen (secondary N) is 1. The molecule has 0 aromatic rings. The predicted molar refractivity (Wildman–Crippen MR) is 76.1 cm³/mol. The molecule has 1 aliphatic rings. The summed E-state index contributed by atoms with van der Waals surface area (Å²) in [5, 5.41) is 2.47. The normalized spacial score (nSPS) is 22.1. The van der Waals surface area contributed by atoms with Gasteiger partial charge in [-0.15, -0.1) is 0 Å². The number of hydrogen-bond acceptors (Lipinski definition) is 5. The summed E-state index contributed by atoms with van der Waals surface area (Å²) in [6.45, 7) is 4.77. The Morgan fingerprint density at radius 3 is 2.26 bits per heavy atom. The molecule has 1 fully saturated rings. The molecule has 0 spiro atoms. The number of rotatable bonds is 6. The Hall–Kier alpha value is -0.180. The molecule has 6 nitrogen and oxygen atoms in total. The average molecular weight is 312 g/mol. The van der Waals surface area contributed by atoms with Gasteiger partial charge in [0.25, 0.3) is 0 Å². The van der Waals surface area contributed by atoms with Gasteiger partial charge in [-0.1, -0.05) is 6.42 Å². The van der Waals surface area contributed by atoms with Crippen molar-refractivity contribution in [1.82, 2.24) is 9.62 Å². The van der Waals surface area contributed by atoms with E-state index < -0.39 is 24.9 Å². The molecular weight excluding hydrogens is 288 g/mol. The van der Waals surface area contributed by atoms with E-state index in [0.717, 1.165) is 32.1 Å². The van der Waals surface area contributed by atoms with E-state index in [0.29, 0.717) is 6.54 Å². The van der Waals surface area contributed by atoms with E-state index in [1.54, 1.807) is 13.8 Å². The molecule has 1 heterocycles. The van der Waals surface area contributed by atoms with E-state index >= 15 is 0 Å². The minimum absolute atomic E-state index is 0.116. The number of nitrogens with zero attached hydrogens (tertiary/aromatic N) is 1. The molecule has 19 heavy (non-hydrogen) atoms. The summed E-state index contributed by atoms with van der Waals surface area (Å²) < 4.78 is 48.2. The van der Waals surface area contributed by atoms with E-state index in [1.807, 2.05) is 0 Å². The summed E-state index contributed by atoms with van der Waals surface area (Å²) in [6.07, 6.45) is 4.06. The van der Waals surface area contributed by atoms with Crippen LogP contribution in [0.15, 0.2) is 0 Å². The second-order valence-electron chi connectivity index (χ2n) is 5.47. The number of sulfone groups is 1. The fourth-order valence-electron chi connectivity index (χ4n) is 2.28. The lowest BCUT2D eigenvalue weighted by molar-refractivity contribution is 0.283. The third-order valence-corrected chi connectivity index (χ3v) is 7.30. The fraction of sp³-hybridized carbons (Fsp3) is 1.00. The second kappa shape index (κ2) is 6.51. The van der Waals surface area contributed by atoms with Crippen LogP contribution in [-0.2, 0) is 19.9 Å². The van der Waals surface area contributed by atoms with E-state index in [2.05, 4.69) is 5.32 Å². The molecule has 1 aliphatic heterocycles. The maximum atomic E-state index is 12.2. The third kappa shape index (κ3) is 5.76. The van der Waals surface area contributed by atoms with Gasteiger partial charge in [0.1, 0.15) is 0 Å². The van der Waals surface area contributed by atoms with Crippen molar-refractivity contribution in [2.75, 3.05) is 24.4 Å². The molecule has 0 amide bonds. The predicted octanol–water partition coefficient (Wildman–Crippen LogP) is 0.171. The van der Waals surface area contributed by atoms with Crippen LogP contribution in [-0.4, -0.2) is 57.7 Å². The maximum absolute atomic E-state index is 12.2. The first-order chi connectivity index (χ1) is 8.62. The highest BCUT2D eigenvalue weighted by atomic mass is 32.3. The summed E-state index contributed by atoms with van der Waals surface area (Å²) in [4.78, 5) is 0. The zero-order valence-corrected chi connectivity index (χ0v) is 13.4. The molecule has 0 aromatic carbocycles. The van der Waals surface area contributed by atoms with Gasteiger partial charge in [-0.25, -0.2) is 16.8 Å². The Bertz CT molecular complexity index is 479. The highest BCUT2D eigenvalue weighted by Gasteiger charge is 2.31. The van der Waals surface area contributed by atoms with Crippen LogP contribution in [0.25, 0.3) is 0 Å².